The molecule has 4 saturated heterocycles. The Balaban J connectivity index is 1.34. The van der Waals surface area contributed by atoms with Gasteiger partial charge in [-0.05, 0) is 77.4 Å². The Labute approximate surface area is 466 Å². The van der Waals surface area contributed by atoms with Crippen LogP contribution in [0, 0.1) is 35.5 Å². The molecule has 0 aliphatic carbocycles. The van der Waals surface area contributed by atoms with Gasteiger partial charge in [-0.15, -0.1) is 0 Å². The maximum absolute atomic E-state index is 13.9. The lowest BCUT2D eigenvalue weighted by molar-refractivity contribution is -0.281. The van der Waals surface area contributed by atoms with E-state index in [1.54, 1.807) is 26.0 Å². The summed E-state index contributed by atoms with van der Waals surface area (Å²) in [6, 6.07) is 0. The van der Waals surface area contributed by atoms with Gasteiger partial charge in [0.05, 0.1) is 73.2 Å². The molecule has 5 aliphatic rings. The minimum atomic E-state index is -0.989. The van der Waals surface area contributed by atoms with Crippen molar-refractivity contribution in [2.75, 3.05) is 0 Å². The molecule has 444 valence electrons. The van der Waals surface area contributed by atoms with Crippen molar-refractivity contribution in [3.63, 3.8) is 0 Å². The lowest BCUT2D eigenvalue weighted by Gasteiger charge is -2.44. The zero-order valence-corrected chi connectivity index (χ0v) is 48.9. The summed E-state index contributed by atoms with van der Waals surface area (Å²) in [4.78, 5) is 27.8. The van der Waals surface area contributed by atoms with Crippen LogP contribution < -0.4 is 0 Å². The van der Waals surface area contributed by atoms with Gasteiger partial charge >= 0.3 is 11.9 Å². The first kappa shape index (κ1) is 65.7. The van der Waals surface area contributed by atoms with Gasteiger partial charge in [0.1, 0.15) is 24.4 Å². The van der Waals surface area contributed by atoms with Crippen molar-refractivity contribution in [2.24, 2.45) is 35.5 Å². The molecule has 5 aliphatic heterocycles. The number of aliphatic hydroxyl groups is 6. The van der Waals surface area contributed by atoms with Gasteiger partial charge < -0.3 is 68.5 Å². The van der Waals surface area contributed by atoms with Gasteiger partial charge in [-0.3, -0.25) is 0 Å². The molecule has 16 nitrogen and oxygen atoms in total. The average Bonchev–Trinajstić information content (AvgIpc) is 3.41. The molecule has 0 aromatic rings. The number of ether oxygens (including phenoxy) is 8. The Morgan fingerprint density at radius 3 is 1.22 bits per heavy atom. The van der Waals surface area contributed by atoms with Gasteiger partial charge in [0.15, 0.2) is 12.6 Å². The number of allylic oxidation sites excluding steroid dienone is 8. The maximum Gasteiger partial charge on any atom is 0.331 e. The van der Waals surface area contributed by atoms with Crippen molar-refractivity contribution in [1.29, 1.82) is 0 Å². The number of esters is 2. The van der Waals surface area contributed by atoms with E-state index >= 15 is 0 Å². The second-order valence-corrected chi connectivity index (χ2v) is 22.9. The number of hydrogen-bond donors (Lipinski definition) is 6. The van der Waals surface area contributed by atoms with Crippen LogP contribution in [0.1, 0.15) is 160 Å². The third-order valence-corrected chi connectivity index (χ3v) is 17.5. The molecular weight excluding hydrogens is 1000 g/mol. The molecule has 0 saturated carbocycles. The largest absolute Gasteiger partial charge is 0.458 e. The van der Waals surface area contributed by atoms with Crippen molar-refractivity contribution < 1.29 is 78.1 Å². The molecule has 78 heavy (non-hydrogen) atoms. The fourth-order valence-electron chi connectivity index (χ4n) is 12.3. The maximum atomic E-state index is 13.9. The van der Waals surface area contributed by atoms with Crippen LogP contribution in [0.25, 0.3) is 0 Å². The van der Waals surface area contributed by atoms with Crippen LogP contribution in [-0.2, 0) is 47.5 Å². The van der Waals surface area contributed by atoms with E-state index in [9.17, 15) is 40.2 Å². The normalized spacial score (nSPS) is 42.5. The molecule has 24 atom stereocenters. The first-order valence-electron chi connectivity index (χ1n) is 29.7. The van der Waals surface area contributed by atoms with Crippen LogP contribution in [0.5, 0.6) is 0 Å². The van der Waals surface area contributed by atoms with Crippen LogP contribution in [0.4, 0.5) is 0 Å². The van der Waals surface area contributed by atoms with Crippen LogP contribution in [-0.4, -0.2) is 153 Å². The van der Waals surface area contributed by atoms with Crippen LogP contribution in [0.15, 0.2) is 71.9 Å². The molecule has 0 aromatic carbocycles. The fourth-order valence-corrected chi connectivity index (χ4v) is 12.3. The van der Waals surface area contributed by atoms with Crippen molar-refractivity contribution in [1.82, 2.24) is 0 Å². The van der Waals surface area contributed by atoms with Crippen molar-refractivity contribution in [3.8, 4) is 0 Å². The summed E-state index contributed by atoms with van der Waals surface area (Å²) in [7, 11) is 0. The van der Waals surface area contributed by atoms with E-state index < -0.39 is 97.4 Å². The van der Waals surface area contributed by atoms with E-state index in [2.05, 4.69) is 13.8 Å². The minimum Gasteiger partial charge on any atom is -0.458 e. The number of carbonyl (C=O) groups excluding carboxylic acids is 2. The highest BCUT2D eigenvalue weighted by Crippen LogP contribution is 2.39. The number of aliphatic hydroxyl groups excluding tert-OH is 6. The van der Waals surface area contributed by atoms with Crippen molar-refractivity contribution in [2.45, 2.75) is 270 Å². The highest BCUT2D eigenvalue weighted by molar-refractivity contribution is 5.83. The summed E-state index contributed by atoms with van der Waals surface area (Å²) in [5.74, 6) is -2.60. The zero-order chi connectivity index (χ0) is 57.4. The molecule has 0 aromatic heterocycles. The molecule has 5 heterocycles. The van der Waals surface area contributed by atoms with Crippen LogP contribution in [0.3, 0.4) is 0 Å². The van der Waals surface area contributed by atoms with Gasteiger partial charge in [-0.1, -0.05) is 104 Å². The highest BCUT2D eigenvalue weighted by Gasteiger charge is 2.45. The van der Waals surface area contributed by atoms with Crippen molar-refractivity contribution in [3.05, 3.63) is 71.9 Å². The first-order valence-corrected chi connectivity index (χ1v) is 29.7. The second kappa shape index (κ2) is 31.9. The lowest BCUT2D eigenvalue weighted by atomic mass is 9.81. The molecule has 0 spiro atoms. The Kier molecular flexibility index (Phi) is 26.9. The summed E-state index contributed by atoms with van der Waals surface area (Å²) in [5.41, 5.74) is 1.69. The monoisotopic (exact) mass is 1100 g/mol. The summed E-state index contributed by atoms with van der Waals surface area (Å²) in [6.45, 7) is 23.4. The number of carbonyl (C=O) groups is 2. The van der Waals surface area contributed by atoms with E-state index in [0.717, 1.165) is 24.0 Å². The van der Waals surface area contributed by atoms with E-state index in [-0.39, 0.29) is 86.0 Å². The molecular formula is C62H100O16. The fraction of sp³-hybridized carbons (Fsp3) is 0.774. The highest BCUT2D eigenvalue weighted by atomic mass is 16.7. The zero-order valence-electron chi connectivity index (χ0n) is 48.9. The molecule has 0 amide bonds. The molecule has 4 fully saturated rings. The predicted molar refractivity (Wildman–Crippen MR) is 297 cm³/mol. The van der Waals surface area contributed by atoms with E-state index in [4.69, 9.17) is 37.9 Å². The Morgan fingerprint density at radius 2 is 0.897 bits per heavy atom. The Bertz CT molecular complexity index is 1850. The van der Waals surface area contributed by atoms with Gasteiger partial charge in [-0.25, -0.2) is 9.59 Å². The van der Waals surface area contributed by atoms with Gasteiger partial charge in [-0.2, -0.15) is 0 Å². The third-order valence-electron chi connectivity index (χ3n) is 17.5. The summed E-state index contributed by atoms with van der Waals surface area (Å²) < 4.78 is 50.6. The quantitative estimate of drug-likeness (QED) is 0.0708. The molecule has 5 rings (SSSR count). The van der Waals surface area contributed by atoms with Crippen molar-refractivity contribution >= 4 is 11.9 Å². The second-order valence-electron chi connectivity index (χ2n) is 22.9. The predicted octanol–water partition coefficient (Wildman–Crippen LogP) is 8.44. The summed E-state index contributed by atoms with van der Waals surface area (Å²) in [6.07, 6.45) is 12.3. The minimum absolute atomic E-state index is 0.0499. The molecule has 16 heteroatoms. The van der Waals surface area contributed by atoms with E-state index in [0.29, 0.717) is 38.5 Å². The molecule has 0 bridgehead atoms. The van der Waals surface area contributed by atoms with Gasteiger partial charge in [0, 0.05) is 86.2 Å². The number of hydrogen-bond acceptors (Lipinski definition) is 16. The summed E-state index contributed by atoms with van der Waals surface area (Å²) in [5, 5.41) is 65.5. The Morgan fingerprint density at radius 1 is 0.526 bits per heavy atom. The Hall–Kier alpha value is -3.10. The first-order chi connectivity index (χ1) is 37.1. The van der Waals surface area contributed by atoms with E-state index in [1.807, 2.05) is 91.8 Å². The van der Waals surface area contributed by atoms with Crippen LogP contribution in [0.2, 0.25) is 0 Å². The number of rotatable bonds is 18. The van der Waals surface area contributed by atoms with Crippen LogP contribution >= 0.6 is 0 Å². The number of cyclic esters (lactones) is 2. The SMILES string of the molecule is CCC1=C/C=C/C(CC)C(C(C)C(O)CC2CC(OC3CC(O)C(O)C(C)O3)C(CC)C(C)O2)OC(=O)/C=C/C(CC)=C/C=C/C(CC)C(C(C)C(O)CC2CC(OC3CC(O)C(O)C(C)O3)C(CC)C(C)O2)OC(=O)/C=C\1. The topological polar surface area (TPSA) is 229 Å². The average molecular weight is 1100 g/mol. The van der Waals surface area contributed by atoms with E-state index in [1.165, 1.54) is 12.2 Å². The van der Waals surface area contributed by atoms with Gasteiger partial charge in [0.2, 0.25) is 0 Å². The molecule has 24 unspecified atom stereocenters. The van der Waals surface area contributed by atoms with Gasteiger partial charge in [0.25, 0.3) is 0 Å². The summed E-state index contributed by atoms with van der Waals surface area (Å²) >= 11 is 0. The smallest absolute Gasteiger partial charge is 0.331 e. The standard InChI is InChI=1S/C62H100O16/c1-13-41-21-19-23-43(15-3)61(35(7)49(63)29-45-31-53(47(17-5)37(9)71-45)75-57-33-51(65)59(69)39(11)73-57)78-56(68)28-26-42(14-2)22-20-24-44(16-4)62(77-55(67)27-25-41)36(8)50(64)30-46-32-54(48(18-6)38(10)72-46)76-58-34-52(66)60(70)40(12)74-58/h19-28,35-40,43-54,57-66,69-70H,13-18,29-34H2,1-12H3/b23-19+,24-20+,27-25-,28-26+,41-21-,42-22+. The molecule has 0 radical (unpaired) electrons. The third kappa shape index (κ3) is 18.5. The molecule has 6 N–H and O–H groups in total. The lowest BCUT2D eigenvalue weighted by Crippen LogP contribution is -2.51.